The van der Waals surface area contributed by atoms with Gasteiger partial charge in [-0.15, -0.1) is 0 Å². The minimum Gasteiger partial charge on any atom is -0.426 e. The molecule has 0 N–H and O–H groups in total. The Kier molecular flexibility index (Phi) is 3.54. The van der Waals surface area contributed by atoms with Crippen molar-refractivity contribution in [3.8, 4) is 5.75 Å². The Hall–Kier alpha value is -3.07. The van der Waals surface area contributed by atoms with E-state index in [4.69, 9.17) is 4.74 Å². The molecule has 0 atom stereocenters. The molecule has 24 heavy (non-hydrogen) atoms. The van der Waals surface area contributed by atoms with Crippen molar-refractivity contribution in [3.63, 3.8) is 0 Å². The number of rotatable bonds is 3. The van der Waals surface area contributed by atoms with Crippen molar-refractivity contribution in [1.82, 2.24) is 4.57 Å². The lowest BCUT2D eigenvalue weighted by Crippen LogP contribution is -2.02. The molecule has 0 amide bonds. The van der Waals surface area contributed by atoms with Crippen LogP contribution in [0.4, 0.5) is 0 Å². The van der Waals surface area contributed by atoms with E-state index in [0.29, 0.717) is 5.75 Å². The van der Waals surface area contributed by atoms with Gasteiger partial charge in [0.1, 0.15) is 5.75 Å². The second-order valence-electron chi connectivity index (χ2n) is 5.83. The number of benzene rings is 3. The Labute approximate surface area is 140 Å². The maximum atomic E-state index is 11.5. The normalized spacial score (nSPS) is 11.0. The highest BCUT2D eigenvalue weighted by Crippen LogP contribution is 2.36. The van der Waals surface area contributed by atoms with E-state index in [9.17, 15) is 4.79 Å². The summed E-state index contributed by atoms with van der Waals surface area (Å²) in [7, 11) is 0. The van der Waals surface area contributed by atoms with Crippen LogP contribution in [-0.2, 0) is 11.3 Å². The van der Waals surface area contributed by atoms with Crippen LogP contribution in [0.3, 0.4) is 0 Å². The molecule has 0 bridgehead atoms. The van der Waals surface area contributed by atoms with Crippen molar-refractivity contribution >= 4 is 27.8 Å². The SMILES string of the molecule is CC(=O)Oc1cccc2c1c1ccccc1n2Cc1ccccc1. The Balaban J connectivity index is 1.99. The molecule has 0 unspecified atom stereocenters. The zero-order chi connectivity index (χ0) is 16.5. The third-order valence-corrected chi connectivity index (χ3v) is 4.20. The van der Waals surface area contributed by atoms with Crippen LogP contribution in [0.15, 0.2) is 72.8 Å². The van der Waals surface area contributed by atoms with E-state index in [2.05, 4.69) is 34.9 Å². The molecule has 1 heterocycles. The van der Waals surface area contributed by atoms with Crippen LogP contribution in [0.1, 0.15) is 12.5 Å². The maximum Gasteiger partial charge on any atom is 0.308 e. The van der Waals surface area contributed by atoms with E-state index in [-0.39, 0.29) is 5.97 Å². The first-order valence-electron chi connectivity index (χ1n) is 7.96. The van der Waals surface area contributed by atoms with Gasteiger partial charge in [-0.3, -0.25) is 4.79 Å². The summed E-state index contributed by atoms with van der Waals surface area (Å²) in [6.07, 6.45) is 0. The molecule has 1 aromatic heterocycles. The zero-order valence-corrected chi connectivity index (χ0v) is 13.4. The molecule has 118 valence electrons. The van der Waals surface area contributed by atoms with Crippen LogP contribution in [0.25, 0.3) is 21.8 Å². The quantitative estimate of drug-likeness (QED) is 0.403. The smallest absolute Gasteiger partial charge is 0.308 e. The minimum absolute atomic E-state index is 0.303. The number of ether oxygens (including phenoxy) is 1. The van der Waals surface area contributed by atoms with Crippen LogP contribution in [0.2, 0.25) is 0 Å². The van der Waals surface area contributed by atoms with Gasteiger partial charge in [0, 0.05) is 24.4 Å². The largest absolute Gasteiger partial charge is 0.426 e. The van der Waals surface area contributed by atoms with Gasteiger partial charge in [-0.05, 0) is 23.8 Å². The van der Waals surface area contributed by atoms with Gasteiger partial charge in [0.25, 0.3) is 0 Å². The van der Waals surface area contributed by atoms with Gasteiger partial charge in [0.2, 0.25) is 0 Å². The second kappa shape index (κ2) is 5.85. The maximum absolute atomic E-state index is 11.5. The Morgan fingerprint density at radius 2 is 1.58 bits per heavy atom. The molecule has 4 rings (SSSR count). The highest BCUT2D eigenvalue weighted by Gasteiger charge is 2.15. The van der Waals surface area contributed by atoms with E-state index < -0.39 is 0 Å². The number of fused-ring (bicyclic) bond motifs is 3. The number of aromatic nitrogens is 1. The highest BCUT2D eigenvalue weighted by molar-refractivity contribution is 6.11. The average molecular weight is 315 g/mol. The summed E-state index contributed by atoms with van der Waals surface area (Å²) < 4.78 is 7.72. The van der Waals surface area contributed by atoms with Crippen LogP contribution in [-0.4, -0.2) is 10.5 Å². The van der Waals surface area contributed by atoms with Crippen molar-refractivity contribution in [1.29, 1.82) is 0 Å². The van der Waals surface area contributed by atoms with Gasteiger partial charge >= 0.3 is 5.97 Å². The van der Waals surface area contributed by atoms with Crippen molar-refractivity contribution in [2.24, 2.45) is 0 Å². The molecule has 3 aromatic carbocycles. The molecule has 0 radical (unpaired) electrons. The number of carbonyl (C=O) groups excluding carboxylic acids is 1. The predicted molar refractivity (Wildman–Crippen MR) is 96.3 cm³/mol. The molecule has 3 heteroatoms. The van der Waals surface area contributed by atoms with Crippen molar-refractivity contribution in [2.45, 2.75) is 13.5 Å². The van der Waals surface area contributed by atoms with E-state index in [1.165, 1.54) is 12.5 Å². The molecule has 0 aliphatic carbocycles. The van der Waals surface area contributed by atoms with Gasteiger partial charge in [-0.25, -0.2) is 0 Å². The predicted octanol–water partition coefficient (Wildman–Crippen LogP) is 4.77. The molecule has 0 spiro atoms. The van der Waals surface area contributed by atoms with E-state index in [1.54, 1.807) is 0 Å². The lowest BCUT2D eigenvalue weighted by atomic mass is 10.1. The number of hydrogen-bond donors (Lipinski definition) is 0. The molecule has 3 nitrogen and oxygen atoms in total. The number of carbonyl (C=O) groups is 1. The lowest BCUT2D eigenvalue weighted by molar-refractivity contribution is -0.131. The Morgan fingerprint density at radius 3 is 2.38 bits per heavy atom. The topological polar surface area (TPSA) is 31.2 Å². The molecule has 4 aromatic rings. The van der Waals surface area contributed by atoms with Crippen LogP contribution < -0.4 is 4.74 Å². The average Bonchev–Trinajstić information content (AvgIpc) is 2.91. The van der Waals surface area contributed by atoms with Gasteiger partial charge in [0.05, 0.1) is 10.9 Å². The van der Waals surface area contributed by atoms with E-state index >= 15 is 0 Å². The number of nitrogens with zero attached hydrogens (tertiary/aromatic N) is 1. The molecule has 0 fully saturated rings. The molecular formula is C21H17NO2. The molecule has 0 saturated heterocycles. The summed E-state index contributed by atoms with van der Waals surface area (Å²) in [6, 6.07) is 24.5. The van der Waals surface area contributed by atoms with Crippen LogP contribution in [0.5, 0.6) is 5.75 Å². The van der Waals surface area contributed by atoms with Gasteiger partial charge in [-0.1, -0.05) is 54.6 Å². The monoisotopic (exact) mass is 315 g/mol. The van der Waals surface area contributed by atoms with Gasteiger partial charge in [-0.2, -0.15) is 0 Å². The summed E-state index contributed by atoms with van der Waals surface area (Å²) in [6.45, 7) is 2.20. The van der Waals surface area contributed by atoms with Crippen LogP contribution in [0, 0.1) is 0 Å². The summed E-state index contributed by atoms with van der Waals surface area (Å²) in [5.41, 5.74) is 3.44. The van der Waals surface area contributed by atoms with Gasteiger partial charge in [0.15, 0.2) is 0 Å². The standard InChI is InChI=1S/C21H17NO2/c1-15(23)24-20-13-7-12-19-21(20)17-10-5-6-11-18(17)22(19)14-16-8-3-2-4-9-16/h2-13H,14H2,1H3. The Morgan fingerprint density at radius 1 is 0.875 bits per heavy atom. The first kappa shape index (κ1) is 14.5. The summed E-state index contributed by atoms with van der Waals surface area (Å²) in [4.78, 5) is 11.5. The van der Waals surface area contributed by atoms with Crippen molar-refractivity contribution < 1.29 is 9.53 Å². The third-order valence-electron chi connectivity index (χ3n) is 4.20. The summed E-state index contributed by atoms with van der Waals surface area (Å²) in [5, 5.41) is 2.08. The Bertz CT molecular complexity index is 1030. The van der Waals surface area contributed by atoms with E-state index in [1.807, 2.05) is 42.5 Å². The van der Waals surface area contributed by atoms with Gasteiger partial charge < -0.3 is 9.30 Å². The zero-order valence-electron chi connectivity index (χ0n) is 13.4. The fourth-order valence-corrected chi connectivity index (χ4v) is 3.24. The minimum atomic E-state index is -0.303. The number of hydrogen-bond acceptors (Lipinski definition) is 2. The first-order valence-corrected chi connectivity index (χ1v) is 7.96. The molecule has 0 saturated carbocycles. The molecule has 0 aliphatic rings. The third kappa shape index (κ3) is 2.44. The summed E-state index contributed by atoms with van der Waals surface area (Å²) >= 11 is 0. The number of esters is 1. The van der Waals surface area contributed by atoms with E-state index in [0.717, 1.165) is 28.4 Å². The molecular weight excluding hydrogens is 298 g/mol. The first-order chi connectivity index (χ1) is 11.7. The van der Waals surface area contributed by atoms with Crippen LogP contribution >= 0.6 is 0 Å². The fourth-order valence-electron chi connectivity index (χ4n) is 3.24. The van der Waals surface area contributed by atoms with Crippen molar-refractivity contribution in [2.75, 3.05) is 0 Å². The lowest BCUT2D eigenvalue weighted by Gasteiger charge is -2.08. The van der Waals surface area contributed by atoms with Crippen molar-refractivity contribution in [3.05, 3.63) is 78.4 Å². The highest BCUT2D eigenvalue weighted by atomic mass is 16.5. The fraction of sp³-hybridized carbons (Fsp3) is 0.0952. The molecule has 0 aliphatic heterocycles. The number of para-hydroxylation sites is 1. The summed E-state index contributed by atoms with van der Waals surface area (Å²) in [5.74, 6) is 0.311. The second-order valence-corrected chi connectivity index (χ2v) is 5.83.